The zero-order valence-corrected chi connectivity index (χ0v) is 16.8. The topological polar surface area (TPSA) is 67.4 Å². The van der Waals surface area contributed by atoms with Crippen molar-refractivity contribution in [2.75, 3.05) is 17.6 Å². The largest absolute Gasteiger partial charge is 0.444 e. The van der Waals surface area contributed by atoms with Crippen LogP contribution in [0.25, 0.3) is 0 Å². The molecule has 0 saturated carbocycles. The third-order valence-electron chi connectivity index (χ3n) is 3.41. The molecule has 0 aliphatic carbocycles. The van der Waals surface area contributed by atoms with Gasteiger partial charge in [0, 0.05) is 29.3 Å². The van der Waals surface area contributed by atoms with Crippen LogP contribution in [0.15, 0.2) is 54.6 Å². The van der Waals surface area contributed by atoms with Gasteiger partial charge in [-0.3, -0.25) is 10.1 Å². The van der Waals surface area contributed by atoms with E-state index in [4.69, 9.17) is 4.74 Å². The van der Waals surface area contributed by atoms with Crippen LogP contribution in [0.1, 0.15) is 36.7 Å². The molecule has 0 aliphatic rings. The van der Waals surface area contributed by atoms with Gasteiger partial charge in [0.05, 0.1) is 0 Å². The highest BCUT2D eigenvalue weighted by Crippen LogP contribution is 2.14. The number of ether oxygens (including phenoxy) is 1. The van der Waals surface area contributed by atoms with Gasteiger partial charge in [-0.05, 0) is 44.5 Å². The maximum absolute atomic E-state index is 12.3. The normalized spacial score (nSPS) is 10.9. The second-order valence-corrected chi connectivity index (χ2v) is 8.11. The number of amides is 2. The fourth-order valence-corrected chi connectivity index (χ4v) is 3.08. The highest BCUT2D eigenvalue weighted by molar-refractivity contribution is 7.98. The van der Waals surface area contributed by atoms with E-state index < -0.39 is 11.7 Å². The Morgan fingerprint density at radius 1 is 1.04 bits per heavy atom. The van der Waals surface area contributed by atoms with E-state index in [1.807, 2.05) is 18.2 Å². The highest BCUT2D eigenvalue weighted by atomic mass is 32.2. The second-order valence-electron chi connectivity index (χ2n) is 7.00. The quantitative estimate of drug-likeness (QED) is 0.677. The van der Waals surface area contributed by atoms with Crippen LogP contribution in [-0.4, -0.2) is 29.9 Å². The lowest BCUT2D eigenvalue weighted by Gasteiger charge is -2.19. The number of carbonyl (C=O) groups is 2. The number of nitrogens with one attached hydrogen (secondary N) is 2. The predicted octanol–water partition coefficient (Wildman–Crippen LogP) is 4.70. The van der Waals surface area contributed by atoms with Gasteiger partial charge in [-0.1, -0.05) is 36.4 Å². The molecular weight excluding hydrogens is 360 g/mol. The Hall–Kier alpha value is -2.47. The molecule has 0 bridgehead atoms. The van der Waals surface area contributed by atoms with Crippen molar-refractivity contribution in [2.24, 2.45) is 0 Å². The molecule has 0 unspecified atom stereocenters. The van der Waals surface area contributed by atoms with Crippen molar-refractivity contribution in [3.8, 4) is 0 Å². The maximum Gasteiger partial charge on any atom is 0.412 e. The monoisotopic (exact) mass is 386 g/mol. The molecule has 2 rings (SSSR count). The first-order valence-corrected chi connectivity index (χ1v) is 9.99. The molecule has 0 saturated heterocycles. The van der Waals surface area contributed by atoms with Crippen LogP contribution < -0.4 is 10.6 Å². The zero-order chi connectivity index (χ0) is 19.7. The number of hydrogen-bond acceptors (Lipinski definition) is 4. The minimum Gasteiger partial charge on any atom is -0.444 e. The van der Waals surface area contributed by atoms with Crippen LogP contribution in [0.2, 0.25) is 0 Å². The predicted molar refractivity (Wildman–Crippen MR) is 111 cm³/mol. The molecule has 0 spiro atoms. The van der Waals surface area contributed by atoms with E-state index in [2.05, 4.69) is 22.8 Å². The van der Waals surface area contributed by atoms with Gasteiger partial charge in [0.25, 0.3) is 5.91 Å². The molecule has 144 valence electrons. The summed E-state index contributed by atoms with van der Waals surface area (Å²) < 4.78 is 5.22. The van der Waals surface area contributed by atoms with E-state index in [1.165, 1.54) is 5.56 Å². The van der Waals surface area contributed by atoms with E-state index in [0.29, 0.717) is 17.8 Å². The average Bonchev–Trinajstić information content (AvgIpc) is 2.60. The van der Waals surface area contributed by atoms with Gasteiger partial charge in [-0.15, -0.1) is 0 Å². The van der Waals surface area contributed by atoms with E-state index in [-0.39, 0.29) is 5.91 Å². The van der Waals surface area contributed by atoms with Gasteiger partial charge in [0.1, 0.15) is 5.60 Å². The highest BCUT2D eigenvalue weighted by Gasteiger charge is 2.16. The van der Waals surface area contributed by atoms with Crippen LogP contribution >= 0.6 is 11.8 Å². The van der Waals surface area contributed by atoms with Crippen molar-refractivity contribution < 1.29 is 14.3 Å². The first-order chi connectivity index (χ1) is 12.8. The first-order valence-electron chi connectivity index (χ1n) is 8.83. The summed E-state index contributed by atoms with van der Waals surface area (Å²) in [4.78, 5) is 24.1. The van der Waals surface area contributed by atoms with E-state index in [9.17, 15) is 9.59 Å². The molecule has 2 aromatic rings. The molecule has 0 fully saturated rings. The molecule has 0 radical (unpaired) electrons. The molecule has 2 N–H and O–H groups in total. The molecule has 0 heterocycles. The molecule has 2 amide bonds. The first kappa shape index (κ1) is 20.8. The minimum absolute atomic E-state index is 0.164. The molecule has 0 aliphatic heterocycles. The number of anilines is 1. The van der Waals surface area contributed by atoms with Gasteiger partial charge in [0.15, 0.2) is 0 Å². The molecule has 0 aromatic heterocycles. The number of rotatable bonds is 7. The van der Waals surface area contributed by atoms with E-state index in [1.54, 1.807) is 56.8 Å². The Balaban J connectivity index is 1.76. The van der Waals surface area contributed by atoms with Gasteiger partial charge in [-0.25, -0.2) is 4.79 Å². The summed E-state index contributed by atoms with van der Waals surface area (Å²) in [5.41, 5.74) is 1.72. The van der Waals surface area contributed by atoms with E-state index in [0.717, 1.165) is 11.5 Å². The fraction of sp³-hybridized carbons (Fsp3) is 0.333. The molecule has 5 nitrogen and oxygen atoms in total. The van der Waals surface area contributed by atoms with Gasteiger partial charge >= 0.3 is 6.09 Å². The molecule has 6 heteroatoms. The molecular formula is C21H26N2O3S. The van der Waals surface area contributed by atoms with Gasteiger partial charge in [-0.2, -0.15) is 11.8 Å². The minimum atomic E-state index is -0.573. The van der Waals surface area contributed by atoms with Crippen molar-refractivity contribution in [3.63, 3.8) is 0 Å². The fourth-order valence-electron chi connectivity index (χ4n) is 2.26. The lowest BCUT2D eigenvalue weighted by Crippen LogP contribution is -2.28. The lowest BCUT2D eigenvalue weighted by atomic mass is 10.2. The molecule has 0 atom stereocenters. The van der Waals surface area contributed by atoms with Crippen molar-refractivity contribution in [3.05, 3.63) is 65.7 Å². The Bertz CT molecular complexity index is 758. The maximum atomic E-state index is 12.3. The standard InChI is InChI=1S/C21H26N2O3S/c1-21(2,3)26-20(25)23-18-11-7-10-17(14-18)19(24)22-12-13-27-15-16-8-5-4-6-9-16/h4-11,14H,12-13,15H2,1-3H3,(H,22,24)(H,23,25). The van der Waals surface area contributed by atoms with Crippen molar-refractivity contribution >= 4 is 29.4 Å². The van der Waals surface area contributed by atoms with Crippen LogP contribution in [0.4, 0.5) is 10.5 Å². The Labute approximate surface area is 164 Å². The summed E-state index contributed by atoms with van der Waals surface area (Å²) in [5.74, 6) is 1.59. The van der Waals surface area contributed by atoms with Crippen LogP contribution in [0.5, 0.6) is 0 Å². The third-order valence-corrected chi connectivity index (χ3v) is 4.44. The lowest BCUT2D eigenvalue weighted by molar-refractivity contribution is 0.0635. The Morgan fingerprint density at radius 2 is 1.78 bits per heavy atom. The van der Waals surface area contributed by atoms with Crippen molar-refractivity contribution in [1.29, 1.82) is 0 Å². The third kappa shape index (κ3) is 8.17. The van der Waals surface area contributed by atoms with Gasteiger partial charge in [0.2, 0.25) is 0 Å². The summed E-state index contributed by atoms with van der Waals surface area (Å²) in [6.07, 6.45) is -0.544. The molecule has 27 heavy (non-hydrogen) atoms. The zero-order valence-electron chi connectivity index (χ0n) is 16.0. The Kier molecular flexibility index (Phi) is 7.73. The SMILES string of the molecule is CC(C)(C)OC(=O)Nc1cccc(C(=O)NCCSCc2ccccc2)c1. The summed E-state index contributed by atoms with van der Waals surface area (Å²) in [6.45, 7) is 5.98. The average molecular weight is 387 g/mol. The summed E-state index contributed by atoms with van der Waals surface area (Å²) in [6, 6.07) is 17.0. The molecule has 2 aromatic carbocycles. The van der Waals surface area contributed by atoms with Gasteiger partial charge < -0.3 is 10.1 Å². The van der Waals surface area contributed by atoms with Crippen molar-refractivity contribution in [2.45, 2.75) is 32.1 Å². The van der Waals surface area contributed by atoms with Crippen LogP contribution in [0.3, 0.4) is 0 Å². The number of thioether (sulfide) groups is 1. The number of carbonyl (C=O) groups excluding carboxylic acids is 2. The smallest absolute Gasteiger partial charge is 0.412 e. The summed E-state index contributed by atoms with van der Waals surface area (Å²) in [7, 11) is 0. The summed E-state index contributed by atoms with van der Waals surface area (Å²) in [5, 5.41) is 5.54. The van der Waals surface area contributed by atoms with Crippen LogP contribution in [-0.2, 0) is 10.5 Å². The van der Waals surface area contributed by atoms with Crippen LogP contribution in [0, 0.1) is 0 Å². The second kappa shape index (κ2) is 10.0. The van der Waals surface area contributed by atoms with Crippen molar-refractivity contribution in [1.82, 2.24) is 5.32 Å². The number of hydrogen-bond donors (Lipinski definition) is 2. The number of benzene rings is 2. The van der Waals surface area contributed by atoms with E-state index >= 15 is 0 Å². The summed E-state index contributed by atoms with van der Waals surface area (Å²) >= 11 is 1.77. The Morgan fingerprint density at radius 3 is 2.48 bits per heavy atom.